The van der Waals surface area contributed by atoms with Gasteiger partial charge in [-0.3, -0.25) is 9.59 Å². The summed E-state index contributed by atoms with van der Waals surface area (Å²) in [6.45, 7) is 4.50. The van der Waals surface area contributed by atoms with E-state index < -0.39 is 6.04 Å². The Balaban J connectivity index is 2.12. The number of amides is 2. The van der Waals surface area contributed by atoms with Crippen molar-refractivity contribution in [1.82, 2.24) is 10.2 Å². The molecule has 162 valence electrons. The fraction of sp³-hybridized carbons (Fsp3) is 0.364. The molecule has 0 aliphatic rings. The molecule has 2 amide bonds. The van der Waals surface area contributed by atoms with Gasteiger partial charge in [0, 0.05) is 22.6 Å². The van der Waals surface area contributed by atoms with E-state index >= 15 is 0 Å². The lowest BCUT2D eigenvalue weighted by atomic mass is 10.1. The van der Waals surface area contributed by atoms with Crippen LogP contribution >= 0.6 is 43.5 Å². The quantitative estimate of drug-likeness (QED) is 0.386. The van der Waals surface area contributed by atoms with E-state index in [0.717, 1.165) is 22.9 Å². The van der Waals surface area contributed by atoms with Crippen LogP contribution in [0.1, 0.15) is 32.3 Å². The van der Waals surface area contributed by atoms with Crippen LogP contribution < -0.4 is 10.1 Å². The highest BCUT2D eigenvalue weighted by molar-refractivity contribution is 9.10. The van der Waals surface area contributed by atoms with Gasteiger partial charge in [-0.2, -0.15) is 0 Å². The van der Waals surface area contributed by atoms with E-state index in [1.165, 1.54) is 4.90 Å². The summed E-state index contributed by atoms with van der Waals surface area (Å²) in [6, 6.07) is 12.1. The molecular formula is C22H25Br2ClN2O3. The summed E-state index contributed by atoms with van der Waals surface area (Å²) in [6.07, 6.45) is 1.88. The number of nitrogens with zero attached hydrogens (tertiary/aromatic N) is 1. The minimum Gasteiger partial charge on any atom is -0.483 e. The smallest absolute Gasteiger partial charge is 0.261 e. The molecule has 1 atom stereocenters. The summed E-state index contributed by atoms with van der Waals surface area (Å²) < 4.78 is 7.29. The fourth-order valence-electron chi connectivity index (χ4n) is 2.72. The van der Waals surface area contributed by atoms with Crippen LogP contribution in [0.15, 0.2) is 51.4 Å². The lowest BCUT2D eigenvalue weighted by molar-refractivity contribution is -0.142. The normalized spacial score (nSPS) is 11.6. The van der Waals surface area contributed by atoms with E-state index in [2.05, 4.69) is 44.1 Å². The van der Waals surface area contributed by atoms with Crippen molar-refractivity contribution in [3.63, 3.8) is 0 Å². The van der Waals surface area contributed by atoms with Crippen LogP contribution in [0.25, 0.3) is 0 Å². The Labute approximate surface area is 199 Å². The zero-order valence-corrected chi connectivity index (χ0v) is 20.9. The van der Waals surface area contributed by atoms with Crippen LogP contribution in [0.5, 0.6) is 5.75 Å². The van der Waals surface area contributed by atoms with Gasteiger partial charge in [0.05, 0.1) is 4.47 Å². The molecule has 0 bridgehead atoms. The van der Waals surface area contributed by atoms with E-state index in [1.54, 1.807) is 25.1 Å². The lowest BCUT2D eigenvalue weighted by Gasteiger charge is -2.29. The molecule has 0 heterocycles. The number of hydrogen-bond acceptors (Lipinski definition) is 3. The number of halogens is 3. The number of carbonyl (C=O) groups is 2. The monoisotopic (exact) mass is 558 g/mol. The molecule has 0 aliphatic heterocycles. The zero-order valence-electron chi connectivity index (χ0n) is 17.0. The third kappa shape index (κ3) is 7.60. The van der Waals surface area contributed by atoms with E-state index in [9.17, 15) is 9.59 Å². The topological polar surface area (TPSA) is 58.6 Å². The van der Waals surface area contributed by atoms with E-state index in [0.29, 0.717) is 28.3 Å². The molecule has 5 nitrogen and oxygen atoms in total. The van der Waals surface area contributed by atoms with Gasteiger partial charge in [-0.05, 0) is 65.2 Å². The largest absolute Gasteiger partial charge is 0.483 e. The third-order valence-corrected chi connectivity index (χ3v) is 5.89. The predicted octanol–water partition coefficient (Wildman–Crippen LogP) is 5.58. The second-order valence-electron chi connectivity index (χ2n) is 6.83. The van der Waals surface area contributed by atoms with Gasteiger partial charge in [0.25, 0.3) is 5.91 Å². The van der Waals surface area contributed by atoms with Crippen molar-refractivity contribution < 1.29 is 14.3 Å². The highest BCUT2D eigenvalue weighted by atomic mass is 79.9. The molecule has 0 saturated carbocycles. The van der Waals surface area contributed by atoms with Gasteiger partial charge in [0.1, 0.15) is 11.8 Å². The second kappa shape index (κ2) is 12.3. The van der Waals surface area contributed by atoms with Crippen LogP contribution in [0.3, 0.4) is 0 Å². The first-order valence-corrected chi connectivity index (χ1v) is 11.7. The van der Waals surface area contributed by atoms with Crippen LogP contribution in [-0.2, 0) is 16.1 Å². The Morgan fingerprint density at radius 3 is 2.50 bits per heavy atom. The van der Waals surface area contributed by atoms with Gasteiger partial charge < -0.3 is 15.0 Å². The number of benzene rings is 2. The average molecular weight is 561 g/mol. The first-order chi connectivity index (χ1) is 14.3. The Bertz CT molecular complexity index is 862. The molecule has 0 saturated heterocycles. The molecule has 2 rings (SSSR count). The minimum absolute atomic E-state index is 0.179. The van der Waals surface area contributed by atoms with Crippen molar-refractivity contribution in [3.8, 4) is 5.75 Å². The molecule has 8 heteroatoms. The van der Waals surface area contributed by atoms with Crippen molar-refractivity contribution in [2.24, 2.45) is 0 Å². The molecule has 2 aromatic carbocycles. The van der Waals surface area contributed by atoms with Gasteiger partial charge in [-0.25, -0.2) is 0 Å². The van der Waals surface area contributed by atoms with Crippen LogP contribution in [-0.4, -0.2) is 35.9 Å². The van der Waals surface area contributed by atoms with Crippen molar-refractivity contribution >= 4 is 55.3 Å². The Hall–Kier alpha value is -1.57. The van der Waals surface area contributed by atoms with Gasteiger partial charge in [-0.15, -0.1) is 0 Å². The molecule has 30 heavy (non-hydrogen) atoms. The van der Waals surface area contributed by atoms with Crippen molar-refractivity contribution in [2.45, 2.75) is 39.3 Å². The average Bonchev–Trinajstić information content (AvgIpc) is 2.72. The van der Waals surface area contributed by atoms with Crippen molar-refractivity contribution in [2.75, 3.05) is 13.2 Å². The minimum atomic E-state index is -0.629. The maximum Gasteiger partial charge on any atom is 0.261 e. The molecule has 0 fully saturated rings. The number of carbonyl (C=O) groups excluding carboxylic acids is 2. The molecule has 0 spiro atoms. The number of nitrogens with one attached hydrogen (secondary N) is 1. The molecule has 0 radical (unpaired) electrons. The molecule has 1 N–H and O–H groups in total. The summed E-state index contributed by atoms with van der Waals surface area (Å²) in [7, 11) is 0. The maximum atomic E-state index is 13.0. The second-order valence-corrected chi connectivity index (χ2v) is 9.04. The number of unbranched alkanes of at least 4 members (excludes halogenated alkanes) is 1. The lowest BCUT2D eigenvalue weighted by Crippen LogP contribution is -2.49. The van der Waals surface area contributed by atoms with E-state index in [4.69, 9.17) is 16.3 Å². The van der Waals surface area contributed by atoms with Gasteiger partial charge in [0.15, 0.2) is 6.61 Å². The van der Waals surface area contributed by atoms with Crippen molar-refractivity contribution in [1.29, 1.82) is 0 Å². The van der Waals surface area contributed by atoms with Crippen LogP contribution in [0.2, 0.25) is 5.02 Å². The van der Waals surface area contributed by atoms with Crippen molar-refractivity contribution in [3.05, 3.63) is 62.0 Å². The van der Waals surface area contributed by atoms with Gasteiger partial charge in [-0.1, -0.05) is 53.0 Å². The Morgan fingerprint density at radius 2 is 1.87 bits per heavy atom. The third-order valence-electron chi connectivity index (χ3n) is 4.51. The molecule has 0 aliphatic carbocycles. The molecule has 2 aromatic rings. The number of ether oxygens (including phenoxy) is 1. The summed E-state index contributed by atoms with van der Waals surface area (Å²) in [5.74, 6) is 0.0517. The Kier molecular flexibility index (Phi) is 10.1. The predicted molar refractivity (Wildman–Crippen MR) is 127 cm³/mol. The number of rotatable bonds is 10. The summed E-state index contributed by atoms with van der Waals surface area (Å²) in [5.41, 5.74) is 0.924. The van der Waals surface area contributed by atoms with Crippen LogP contribution in [0.4, 0.5) is 0 Å². The highest BCUT2D eigenvalue weighted by Gasteiger charge is 2.26. The van der Waals surface area contributed by atoms with Gasteiger partial charge >= 0.3 is 0 Å². The SMILES string of the molecule is CCCCNC(=O)[C@H](C)N(Cc1ccc(Br)cc1)C(=O)COc1ccc(Cl)cc1Br. The fourth-order valence-corrected chi connectivity index (χ4v) is 3.78. The Morgan fingerprint density at radius 1 is 1.17 bits per heavy atom. The highest BCUT2D eigenvalue weighted by Crippen LogP contribution is 2.28. The first kappa shape index (κ1) is 24.7. The standard InChI is InChI=1S/C22H25Br2ClN2O3/c1-3-4-11-26-22(29)15(2)27(13-16-5-7-17(23)8-6-16)21(28)14-30-20-10-9-18(25)12-19(20)24/h5-10,12,15H,3-4,11,13-14H2,1-2H3,(H,26,29)/t15-/m0/s1. The summed E-state index contributed by atoms with van der Waals surface area (Å²) in [5, 5.41) is 3.46. The summed E-state index contributed by atoms with van der Waals surface area (Å²) >= 11 is 12.7. The molecule has 0 aromatic heterocycles. The molecule has 0 unspecified atom stereocenters. The van der Waals surface area contributed by atoms with E-state index in [1.807, 2.05) is 24.3 Å². The zero-order chi connectivity index (χ0) is 22.1. The number of hydrogen-bond donors (Lipinski definition) is 1. The van der Waals surface area contributed by atoms with Crippen LogP contribution in [0, 0.1) is 0 Å². The van der Waals surface area contributed by atoms with Gasteiger partial charge in [0.2, 0.25) is 5.91 Å². The summed E-state index contributed by atoms with van der Waals surface area (Å²) in [4.78, 5) is 27.1. The first-order valence-electron chi connectivity index (χ1n) is 9.71. The maximum absolute atomic E-state index is 13.0. The van der Waals surface area contributed by atoms with E-state index in [-0.39, 0.29) is 18.4 Å². The molecular weight excluding hydrogens is 536 g/mol.